The van der Waals surface area contributed by atoms with Gasteiger partial charge in [-0.05, 0) is 25.9 Å². The molecular weight excluding hydrogens is 224 g/mol. The zero-order chi connectivity index (χ0) is 11.5. The van der Waals surface area contributed by atoms with E-state index in [1.54, 1.807) is 11.3 Å². The molecule has 88 valence electrons. The van der Waals surface area contributed by atoms with E-state index in [4.69, 9.17) is 5.11 Å². The average molecular weight is 240 g/mol. The van der Waals surface area contributed by atoms with Crippen LogP contribution in [-0.4, -0.2) is 41.1 Å². The van der Waals surface area contributed by atoms with Crippen molar-refractivity contribution in [2.75, 3.05) is 20.1 Å². The van der Waals surface area contributed by atoms with Gasteiger partial charge in [-0.2, -0.15) is 0 Å². The number of rotatable bonds is 4. The first-order valence-electron chi connectivity index (χ1n) is 5.47. The second-order valence-corrected chi connectivity index (χ2v) is 5.37. The van der Waals surface area contributed by atoms with E-state index in [9.17, 15) is 4.79 Å². The highest BCUT2D eigenvalue weighted by molar-refractivity contribution is 7.09. The van der Waals surface area contributed by atoms with Crippen LogP contribution in [0, 0.1) is 5.92 Å². The minimum absolute atomic E-state index is 0.0427. The fraction of sp³-hybridized carbons (Fsp3) is 0.636. The van der Waals surface area contributed by atoms with Gasteiger partial charge in [0.2, 0.25) is 0 Å². The van der Waals surface area contributed by atoms with Gasteiger partial charge in [0.1, 0.15) is 0 Å². The highest BCUT2D eigenvalue weighted by atomic mass is 32.1. The zero-order valence-corrected chi connectivity index (χ0v) is 10.2. The Morgan fingerprint density at radius 1 is 1.75 bits per heavy atom. The lowest BCUT2D eigenvalue weighted by atomic mass is 10.1. The number of carbonyl (C=O) groups is 1. The van der Waals surface area contributed by atoms with Crippen LogP contribution in [0.15, 0.2) is 5.38 Å². The molecule has 1 aromatic rings. The lowest BCUT2D eigenvalue weighted by Crippen LogP contribution is -2.14. The Morgan fingerprint density at radius 2 is 2.56 bits per heavy atom. The summed E-state index contributed by atoms with van der Waals surface area (Å²) in [6.07, 6.45) is 2.26. The topological polar surface area (TPSA) is 53.4 Å². The normalized spacial score (nSPS) is 21.4. The molecule has 1 aliphatic rings. The van der Waals surface area contributed by atoms with E-state index in [0.29, 0.717) is 11.6 Å². The smallest absolute Gasteiger partial charge is 0.309 e. The van der Waals surface area contributed by atoms with Crippen molar-refractivity contribution < 1.29 is 9.90 Å². The summed E-state index contributed by atoms with van der Waals surface area (Å²) in [5, 5.41) is 11.6. The number of aromatic nitrogens is 1. The zero-order valence-electron chi connectivity index (χ0n) is 9.35. The molecule has 5 heteroatoms. The molecular formula is C11H16N2O2S. The lowest BCUT2D eigenvalue weighted by Gasteiger charge is -2.07. The van der Waals surface area contributed by atoms with Crippen LogP contribution in [0.25, 0.3) is 0 Å². The minimum Gasteiger partial charge on any atom is -0.481 e. The summed E-state index contributed by atoms with van der Waals surface area (Å²) in [5.41, 5.74) is 0.693. The van der Waals surface area contributed by atoms with Crippen molar-refractivity contribution in [1.82, 2.24) is 9.88 Å². The number of hydrogen-bond acceptors (Lipinski definition) is 4. The summed E-state index contributed by atoms with van der Waals surface area (Å²) >= 11 is 1.59. The molecule has 1 N–H and O–H groups in total. The standard InChI is InChI=1S/C11H16N2O2S/c1-13-3-2-8(6-13)4-10-12-9(7-16-10)5-11(14)15/h7-8H,2-6H2,1H3,(H,14,15). The van der Waals surface area contributed by atoms with Gasteiger partial charge in [-0.25, -0.2) is 4.98 Å². The molecule has 1 unspecified atom stereocenters. The number of carboxylic acid groups (broad SMARTS) is 1. The summed E-state index contributed by atoms with van der Waals surface area (Å²) < 4.78 is 0. The minimum atomic E-state index is -0.808. The molecule has 16 heavy (non-hydrogen) atoms. The van der Waals surface area contributed by atoms with E-state index in [1.165, 1.54) is 6.42 Å². The monoisotopic (exact) mass is 240 g/mol. The van der Waals surface area contributed by atoms with E-state index in [-0.39, 0.29) is 6.42 Å². The first kappa shape index (κ1) is 11.5. The molecule has 1 aliphatic heterocycles. The Hall–Kier alpha value is -0.940. The number of nitrogens with zero attached hydrogens (tertiary/aromatic N) is 2. The van der Waals surface area contributed by atoms with Crippen molar-refractivity contribution in [3.05, 3.63) is 16.1 Å². The number of carboxylic acids is 1. The molecule has 1 saturated heterocycles. The third-order valence-corrected chi connectivity index (χ3v) is 3.80. The van der Waals surface area contributed by atoms with Gasteiger partial charge in [-0.3, -0.25) is 4.79 Å². The summed E-state index contributed by atoms with van der Waals surface area (Å²) in [6.45, 7) is 2.30. The van der Waals surface area contributed by atoms with Crippen molar-refractivity contribution in [3.8, 4) is 0 Å². The van der Waals surface area contributed by atoms with Crippen LogP contribution in [0.4, 0.5) is 0 Å². The van der Waals surface area contributed by atoms with E-state index in [2.05, 4.69) is 16.9 Å². The summed E-state index contributed by atoms with van der Waals surface area (Å²) in [7, 11) is 2.14. The summed E-state index contributed by atoms with van der Waals surface area (Å²) in [5.74, 6) is -0.119. The molecule has 1 aromatic heterocycles. The number of thiazole rings is 1. The van der Waals surface area contributed by atoms with Crippen LogP contribution in [0.2, 0.25) is 0 Å². The Balaban J connectivity index is 1.90. The van der Waals surface area contributed by atoms with Crippen molar-refractivity contribution >= 4 is 17.3 Å². The SMILES string of the molecule is CN1CCC(Cc2nc(CC(=O)O)cs2)C1. The largest absolute Gasteiger partial charge is 0.481 e. The second-order valence-electron chi connectivity index (χ2n) is 4.42. The molecule has 2 rings (SSSR count). The third-order valence-electron chi connectivity index (χ3n) is 2.88. The average Bonchev–Trinajstić information content (AvgIpc) is 2.76. The molecule has 0 radical (unpaired) electrons. The maximum Gasteiger partial charge on any atom is 0.309 e. The molecule has 1 fully saturated rings. The van der Waals surface area contributed by atoms with Gasteiger partial charge in [0, 0.05) is 18.3 Å². The van der Waals surface area contributed by atoms with E-state index < -0.39 is 5.97 Å². The van der Waals surface area contributed by atoms with Gasteiger partial charge < -0.3 is 10.0 Å². The van der Waals surface area contributed by atoms with Gasteiger partial charge in [-0.1, -0.05) is 0 Å². The van der Waals surface area contributed by atoms with Crippen LogP contribution in [0.5, 0.6) is 0 Å². The van der Waals surface area contributed by atoms with Crippen LogP contribution in [0.1, 0.15) is 17.1 Å². The Kier molecular flexibility index (Phi) is 3.56. The second kappa shape index (κ2) is 4.93. The molecule has 0 amide bonds. The molecule has 0 bridgehead atoms. The fourth-order valence-electron chi connectivity index (χ4n) is 2.12. The summed E-state index contributed by atoms with van der Waals surface area (Å²) in [4.78, 5) is 17.2. The van der Waals surface area contributed by atoms with Crippen molar-refractivity contribution in [1.29, 1.82) is 0 Å². The van der Waals surface area contributed by atoms with Crippen molar-refractivity contribution in [2.24, 2.45) is 5.92 Å². The van der Waals surface area contributed by atoms with Crippen LogP contribution >= 0.6 is 11.3 Å². The molecule has 0 aliphatic carbocycles. The number of aliphatic carboxylic acids is 1. The Morgan fingerprint density at radius 3 is 3.19 bits per heavy atom. The van der Waals surface area contributed by atoms with Crippen molar-refractivity contribution in [3.63, 3.8) is 0 Å². The van der Waals surface area contributed by atoms with Crippen LogP contribution in [0.3, 0.4) is 0 Å². The van der Waals surface area contributed by atoms with Crippen LogP contribution in [-0.2, 0) is 17.6 Å². The summed E-state index contributed by atoms with van der Waals surface area (Å²) in [6, 6.07) is 0. The van der Waals surface area contributed by atoms with Crippen molar-refractivity contribution in [2.45, 2.75) is 19.3 Å². The first-order valence-corrected chi connectivity index (χ1v) is 6.35. The highest BCUT2D eigenvalue weighted by Crippen LogP contribution is 2.21. The molecule has 0 aromatic carbocycles. The van der Waals surface area contributed by atoms with Crippen LogP contribution < -0.4 is 0 Å². The highest BCUT2D eigenvalue weighted by Gasteiger charge is 2.20. The molecule has 1 atom stereocenters. The van der Waals surface area contributed by atoms with E-state index in [0.717, 1.165) is 24.5 Å². The van der Waals surface area contributed by atoms with E-state index >= 15 is 0 Å². The van der Waals surface area contributed by atoms with Gasteiger partial charge >= 0.3 is 5.97 Å². The van der Waals surface area contributed by atoms with Gasteiger partial charge in [0.25, 0.3) is 0 Å². The first-order chi connectivity index (χ1) is 7.63. The Bertz CT molecular complexity index is 378. The Labute approximate surface area is 98.9 Å². The van der Waals surface area contributed by atoms with Gasteiger partial charge in [-0.15, -0.1) is 11.3 Å². The molecule has 4 nitrogen and oxygen atoms in total. The lowest BCUT2D eigenvalue weighted by molar-refractivity contribution is -0.136. The predicted octanol–water partition coefficient (Wildman–Crippen LogP) is 1.26. The molecule has 0 saturated carbocycles. The maximum atomic E-state index is 10.5. The maximum absolute atomic E-state index is 10.5. The number of hydrogen-bond donors (Lipinski definition) is 1. The fourth-order valence-corrected chi connectivity index (χ4v) is 3.03. The quantitative estimate of drug-likeness (QED) is 0.861. The molecule has 0 spiro atoms. The number of likely N-dealkylation sites (tertiary alicyclic amines) is 1. The molecule has 2 heterocycles. The van der Waals surface area contributed by atoms with Gasteiger partial charge in [0.15, 0.2) is 0 Å². The van der Waals surface area contributed by atoms with E-state index in [1.807, 2.05) is 5.38 Å². The predicted molar refractivity (Wildman–Crippen MR) is 62.8 cm³/mol. The van der Waals surface area contributed by atoms with Gasteiger partial charge in [0.05, 0.1) is 17.1 Å². The third kappa shape index (κ3) is 3.02.